The van der Waals surface area contributed by atoms with Crippen LogP contribution in [0.15, 0.2) is 58.4 Å². The zero-order valence-corrected chi connectivity index (χ0v) is 17.1. The standard InChI is InChI=1S/C23H22N2O4S/c26-19-11-4-6-15(12-19)13-20-21(27)25(18-9-2-1-3-10-18)23(30-20)24-17-8-5-7-16(14-17)22(28)29/h4-8,11-14,18,26H,1-3,9-10H2,(H,28,29)/b20-13-,24-23?. The summed E-state index contributed by atoms with van der Waals surface area (Å²) in [5.41, 5.74) is 1.40. The van der Waals surface area contributed by atoms with Gasteiger partial charge in [0.25, 0.3) is 5.91 Å². The molecule has 7 heteroatoms. The van der Waals surface area contributed by atoms with E-state index in [0.29, 0.717) is 15.8 Å². The van der Waals surface area contributed by atoms with Crippen LogP contribution >= 0.6 is 11.8 Å². The lowest BCUT2D eigenvalue weighted by atomic mass is 9.94. The fraction of sp³-hybridized carbons (Fsp3) is 0.261. The molecule has 2 fully saturated rings. The van der Waals surface area contributed by atoms with Crippen molar-refractivity contribution in [2.75, 3.05) is 0 Å². The van der Waals surface area contributed by atoms with E-state index < -0.39 is 5.97 Å². The summed E-state index contributed by atoms with van der Waals surface area (Å²) in [4.78, 5) is 31.5. The Bertz CT molecular complexity index is 1040. The predicted molar refractivity (Wildman–Crippen MR) is 118 cm³/mol. The summed E-state index contributed by atoms with van der Waals surface area (Å²) in [6, 6.07) is 13.3. The molecule has 1 amide bonds. The number of aromatic hydroxyl groups is 1. The summed E-state index contributed by atoms with van der Waals surface area (Å²) in [6.07, 6.45) is 6.95. The molecular weight excluding hydrogens is 400 g/mol. The molecule has 0 bridgehead atoms. The average Bonchev–Trinajstić information content (AvgIpc) is 3.03. The predicted octanol–water partition coefficient (Wildman–Crippen LogP) is 5.03. The lowest BCUT2D eigenvalue weighted by Crippen LogP contribution is -2.40. The van der Waals surface area contributed by atoms with Crippen LogP contribution in [-0.4, -0.2) is 38.2 Å². The van der Waals surface area contributed by atoms with Gasteiger partial charge in [-0.25, -0.2) is 9.79 Å². The minimum Gasteiger partial charge on any atom is -0.508 e. The first-order valence-electron chi connectivity index (χ1n) is 9.95. The Morgan fingerprint density at radius 1 is 1.10 bits per heavy atom. The molecule has 0 unspecified atom stereocenters. The van der Waals surface area contributed by atoms with Crippen molar-refractivity contribution >= 4 is 40.6 Å². The number of carboxylic acids is 1. The molecule has 0 spiro atoms. The number of phenolic OH excluding ortho intramolecular Hbond substituents is 1. The average molecular weight is 423 g/mol. The van der Waals surface area contributed by atoms with Gasteiger partial charge >= 0.3 is 5.97 Å². The maximum atomic E-state index is 13.3. The van der Waals surface area contributed by atoms with E-state index in [1.54, 1.807) is 41.3 Å². The van der Waals surface area contributed by atoms with Crippen molar-refractivity contribution in [1.29, 1.82) is 0 Å². The summed E-state index contributed by atoms with van der Waals surface area (Å²) in [7, 11) is 0. The number of carboxylic acid groups (broad SMARTS) is 1. The molecule has 6 nitrogen and oxygen atoms in total. The van der Waals surface area contributed by atoms with Gasteiger partial charge in [-0.1, -0.05) is 37.5 Å². The number of hydrogen-bond acceptors (Lipinski definition) is 5. The lowest BCUT2D eigenvalue weighted by Gasteiger charge is -2.30. The van der Waals surface area contributed by atoms with Gasteiger partial charge in [0.1, 0.15) is 5.75 Å². The van der Waals surface area contributed by atoms with Gasteiger partial charge in [-0.05, 0) is 66.6 Å². The summed E-state index contributed by atoms with van der Waals surface area (Å²) < 4.78 is 0. The van der Waals surface area contributed by atoms with Crippen molar-refractivity contribution in [2.45, 2.75) is 38.1 Å². The number of nitrogens with zero attached hydrogens (tertiary/aromatic N) is 2. The molecule has 0 radical (unpaired) electrons. The molecule has 1 aliphatic carbocycles. The van der Waals surface area contributed by atoms with E-state index in [0.717, 1.165) is 31.2 Å². The zero-order valence-electron chi connectivity index (χ0n) is 16.3. The van der Waals surface area contributed by atoms with Gasteiger partial charge in [0.15, 0.2) is 5.17 Å². The summed E-state index contributed by atoms with van der Waals surface area (Å²) in [6.45, 7) is 0. The van der Waals surface area contributed by atoms with Crippen LogP contribution in [-0.2, 0) is 4.79 Å². The molecule has 4 rings (SSSR count). The third-order valence-electron chi connectivity index (χ3n) is 5.26. The minimum absolute atomic E-state index is 0.0928. The topological polar surface area (TPSA) is 90.2 Å². The fourth-order valence-corrected chi connectivity index (χ4v) is 4.87. The summed E-state index contributed by atoms with van der Waals surface area (Å²) in [5, 5.41) is 19.5. The zero-order chi connectivity index (χ0) is 21.1. The highest BCUT2D eigenvalue weighted by Crippen LogP contribution is 2.38. The Hall–Kier alpha value is -3.06. The van der Waals surface area contributed by atoms with E-state index in [4.69, 9.17) is 0 Å². The van der Waals surface area contributed by atoms with E-state index in [1.165, 1.54) is 30.3 Å². The lowest BCUT2D eigenvalue weighted by molar-refractivity contribution is -0.124. The number of aromatic carboxylic acids is 1. The number of hydrogen-bond donors (Lipinski definition) is 2. The van der Waals surface area contributed by atoms with Gasteiger partial charge in [0, 0.05) is 6.04 Å². The van der Waals surface area contributed by atoms with Crippen LogP contribution in [0.3, 0.4) is 0 Å². The maximum Gasteiger partial charge on any atom is 0.335 e. The van der Waals surface area contributed by atoms with Crippen molar-refractivity contribution in [3.8, 4) is 5.75 Å². The molecule has 2 aromatic rings. The number of phenols is 1. The van der Waals surface area contributed by atoms with Crippen LogP contribution in [0.5, 0.6) is 5.75 Å². The first kappa shape index (κ1) is 20.2. The van der Waals surface area contributed by atoms with Crippen molar-refractivity contribution in [1.82, 2.24) is 4.90 Å². The second-order valence-electron chi connectivity index (χ2n) is 7.42. The van der Waals surface area contributed by atoms with E-state index in [1.807, 2.05) is 6.07 Å². The van der Waals surface area contributed by atoms with Crippen molar-refractivity contribution < 1.29 is 19.8 Å². The molecule has 2 aliphatic rings. The highest BCUT2D eigenvalue weighted by Gasteiger charge is 2.38. The molecular formula is C23H22N2O4S. The van der Waals surface area contributed by atoms with Crippen molar-refractivity contribution in [3.63, 3.8) is 0 Å². The van der Waals surface area contributed by atoms with Crippen LogP contribution in [0.1, 0.15) is 48.0 Å². The van der Waals surface area contributed by atoms with Crippen molar-refractivity contribution in [2.24, 2.45) is 4.99 Å². The second-order valence-corrected chi connectivity index (χ2v) is 8.43. The second kappa shape index (κ2) is 8.75. The number of carbonyl (C=O) groups excluding carboxylic acids is 1. The third kappa shape index (κ3) is 4.41. The minimum atomic E-state index is -1.01. The number of thioether (sulfide) groups is 1. The van der Waals surface area contributed by atoms with E-state index >= 15 is 0 Å². The highest BCUT2D eigenvalue weighted by molar-refractivity contribution is 8.18. The number of amides is 1. The van der Waals surface area contributed by atoms with Crippen LogP contribution in [0.25, 0.3) is 6.08 Å². The van der Waals surface area contributed by atoms with Gasteiger partial charge in [-0.2, -0.15) is 0 Å². The van der Waals surface area contributed by atoms with Crippen LogP contribution in [0.2, 0.25) is 0 Å². The summed E-state index contributed by atoms with van der Waals surface area (Å²) >= 11 is 1.29. The maximum absolute atomic E-state index is 13.3. The molecule has 2 N–H and O–H groups in total. The first-order chi connectivity index (χ1) is 14.5. The number of rotatable bonds is 4. The molecule has 154 valence electrons. The van der Waals surface area contributed by atoms with Gasteiger partial charge < -0.3 is 10.2 Å². The summed E-state index contributed by atoms with van der Waals surface area (Å²) in [5.74, 6) is -0.965. The van der Waals surface area contributed by atoms with Gasteiger partial charge in [-0.15, -0.1) is 0 Å². The van der Waals surface area contributed by atoms with E-state index in [2.05, 4.69) is 4.99 Å². The largest absolute Gasteiger partial charge is 0.508 e. The van der Waals surface area contributed by atoms with Gasteiger partial charge in [0.05, 0.1) is 16.2 Å². The Labute approximate surface area is 178 Å². The van der Waals surface area contributed by atoms with Gasteiger partial charge in [-0.3, -0.25) is 9.69 Å². The Kier molecular flexibility index (Phi) is 5.90. The van der Waals surface area contributed by atoms with E-state index in [-0.39, 0.29) is 23.3 Å². The number of aliphatic imine (C=N–C) groups is 1. The highest BCUT2D eigenvalue weighted by atomic mass is 32.2. The van der Waals surface area contributed by atoms with Gasteiger partial charge in [0.2, 0.25) is 0 Å². The number of amidine groups is 1. The Balaban J connectivity index is 1.71. The monoisotopic (exact) mass is 422 g/mol. The molecule has 30 heavy (non-hydrogen) atoms. The Morgan fingerprint density at radius 3 is 2.60 bits per heavy atom. The SMILES string of the molecule is O=C(O)c1cccc(N=C2S/C(=C\c3cccc(O)c3)C(=O)N2C2CCCCC2)c1. The molecule has 1 heterocycles. The van der Waals surface area contributed by atoms with E-state index in [9.17, 15) is 19.8 Å². The normalized spacial score (nSPS) is 20.3. The molecule has 1 saturated carbocycles. The third-order valence-corrected chi connectivity index (χ3v) is 6.25. The molecule has 0 atom stereocenters. The number of benzene rings is 2. The molecule has 0 aromatic heterocycles. The quantitative estimate of drug-likeness (QED) is 0.675. The molecule has 1 aliphatic heterocycles. The molecule has 1 saturated heterocycles. The smallest absolute Gasteiger partial charge is 0.335 e. The fourth-order valence-electron chi connectivity index (χ4n) is 3.81. The Morgan fingerprint density at radius 2 is 1.87 bits per heavy atom. The molecule has 2 aromatic carbocycles. The number of carbonyl (C=O) groups is 2. The van der Waals surface area contributed by atoms with Crippen LogP contribution in [0, 0.1) is 0 Å². The van der Waals surface area contributed by atoms with Crippen molar-refractivity contribution in [3.05, 3.63) is 64.6 Å². The van der Waals surface area contributed by atoms with Crippen LogP contribution < -0.4 is 0 Å². The van der Waals surface area contributed by atoms with Crippen LogP contribution in [0.4, 0.5) is 5.69 Å². The first-order valence-corrected chi connectivity index (χ1v) is 10.8.